The first-order chi connectivity index (χ1) is 11.5. The lowest BCUT2D eigenvalue weighted by atomic mass is 9.74. The smallest absolute Gasteiger partial charge is 0.119 e. The van der Waals surface area contributed by atoms with Gasteiger partial charge in [-0.05, 0) is 76.2 Å². The molecule has 0 N–H and O–H groups in total. The monoisotopic (exact) mass is 414 g/mol. The van der Waals surface area contributed by atoms with Crippen molar-refractivity contribution in [2.45, 2.75) is 32.6 Å². The molecule has 0 amide bonds. The highest BCUT2D eigenvalue weighted by molar-refractivity contribution is 6.69. The Kier molecular flexibility index (Phi) is 6.30. The summed E-state index contributed by atoms with van der Waals surface area (Å²) in [6.45, 7) is 8.05. The molecule has 0 saturated carbocycles. The van der Waals surface area contributed by atoms with Gasteiger partial charge in [0, 0.05) is 21.6 Å². The second-order valence-electron chi connectivity index (χ2n) is 6.86. The van der Waals surface area contributed by atoms with Crippen LogP contribution in [0.1, 0.15) is 38.8 Å². The number of hydrogen-bond donors (Lipinski definition) is 0. The highest BCUT2D eigenvalue weighted by atomic mass is 35.5. The van der Waals surface area contributed by atoms with Gasteiger partial charge in [0.05, 0.1) is 21.4 Å². The van der Waals surface area contributed by atoms with Crippen molar-refractivity contribution >= 4 is 57.3 Å². The van der Waals surface area contributed by atoms with Crippen molar-refractivity contribution < 1.29 is 0 Å². The quantitative estimate of drug-likeness (QED) is 0.304. The van der Waals surface area contributed by atoms with Crippen molar-refractivity contribution in [2.24, 2.45) is 5.41 Å². The molecule has 2 rings (SSSR count). The zero-order valence-corrected chi connectivity index (χ0v) is 17.6. The molecule has 0 aliphatic carbocycles. The molecule has 0 aromatic heterocycles. The molecular formula is C20H20Cl4N+. The Morgan fingerprint density at radius 3 is 1.56 bits per heavy atom. The van der Waals surface area contributed by atoms with Crippen molar-refractivity contribution in [3.05, 3.63) is 69.7 Å². The van der Waals surface area contributed by atoms with Crippen molar-refractivity contribution in [3.8, 4) is 0 Å². The summed E-state index contributed by atoms with van der Waals surface area (Å²) in [5.41, 5.74) is 2.06. The normalized spacial score (nSPS) is 11.8. The average Bonchev–Trinajstić information content (AvgIpc) is 2.53. The van der Waals surface area contributed by atoms with Gasteiger partial charge in [-0.15, -0.1) is 11.6 Å². The van der Waals surface area contributed by atoms with E-state index >= 15 is 0 Å². The van der Waals surface area contributed by atoms with Gasteiger partial charge in [0.2, 0.25) is 0 Å². The Hall–Kier alpha value is -0.950. The van der Waals surface area contributed by atoms with E-state index in [0.717, 1.165) is 16.8 Å². The third-order valence-corrected chi connectivity index (χ3v) is 5.77. The van der Waals surface area contributed by atoms with Crippen LogP contribution in [0.15, 0.2) is 48.5 Å². The maximum absolute atomic E-state index is 6.67. The van der Waals surface area contributed by atoms with E-state index in [2.05, 4.69) is 13.8 Å². The second kappa shape index (κ2) is 7.74. The van der Waals surface area contributed by atoms with E-state index in [-0.39, 0.29) is 0 Å². The second-order valence-corrected chi connectivity index (χ2v) is 9.04. The summed E-state index contributed by atoms with van der Waals surface area (Å²) in [5, 5.41) is 1.70. The summed E-state index contributed by atoms with van der Waals surface area (Å²) in [6.07, 6.45) is 0. The van der Waals surface area contributed by atoms with E-state index in [4.69, 9.17) is 51.1 Å². The minimum atomic E-state index is -0.539. The fourth-order valence-electron chi connectivity index (χ4n) is 2.20. The number of nitrogens with zero attached hydrogens (tertiary/aromatic N) is 1. The minimum absolute atomic E-state index is 0.385. The van der Waals surface area contributed by atoms with Gasteiger partial charge < -0.3 is 0 Å². The molecule has 2 aromatic rings. The van der Waals surface area contributed by atoms with Crippen LogP contribution < -0.4 is 4.67 Å². The molecule has 0 bridgehead atoms. The Bertz CT molecular complexity index is 806. The topological polar surface area (TPSA) is 14.1 Å². The first-order valence-corrected chi connectivity index (χ1v) is 9.36. The number of benzene rings is 2. The predicted octanol–water partition coefficient (Wildman–Crippen LogP) is 6.58. The van der Waals surface area contributed by atoms with Crippen LogP contribution in [0.4, 0.5) is 0 Å². The molecule has 0 aliphatic heterocycles. The summed E-state index contributed by atoms with van der Waals surface area (Å²) in [4.78, 5) is -0.539. The van der Waals surface area contributed by atoms with E-state index in [1.165, 1.54) is 0 Å². The predicted molar refractivity (Wildman–Crippen MR) is 113 cm³/mol. The lowest BCUT2D eigenvalue weighted by Crippen LogP contribution is -2.42. The molecule has 0 radical (unpaired) electrons. The molecule has 0 heterocycles. The third-order valence-electron chi connectivity index (χ3n) is 4.49. The van der Waals surface area contributed by atoms with Crippen LogP contribution in [0.3, 0.4) is 0 Å². The molecule has 132 valence electrons. The maximum atomic E-state index is 6.67. The van der Waals surface area contributed by atoms with Crippen molar-refractivity contribution in [2.75, 3.05) is 0 Å². The molecule has 0 spiro atoms. The zero-order valence-electron chi connectivity index (χ0n) is 14.6. The largest absolute Gasteiger partial charge is 0.403 e. The zero-order chi connectivity index (χ0) is 18.8. The fraction of sp³-hybridized carbons (Fsp3) is 0.300. The van der Waals surface area contributed by atoms with Crippen molar-refractivity contribution in [1.82, 2.24) is 4.67 Å². The highest BCUT2D eigenvalue weighted by Gasteiger charge is 2.47. The van der Waals surface area contributed by atoms with E-state index in [1.54, 1.807) is 12.1 Å². The lowest BCUT2D eigenvalue weighted by molar-refractivity contribution is 0.398. The SMILES string of the molecule is CC(C)(Cl)C(C)(C)C(=[N+]=C(Cl)c1ccc(Cl)cc1)c1ccc(Cl)cc1. The van der Waals surface area contributed by atoms with E-state index < -0.39 is 10.3 Å². The minimum Gasteiger partial charge on any atom is -0.119 e. The van der Waals surface area contributed by atoms with Crippen LogP contribution in [-0.4, -0.2) is 15.8 Å². The number of halogens is 4. The number of alkyl halides is 1. The molecule has 0 atom stereocenters. The Balaban J connectivity index is 2.72. The lowest BCUT2D eigenvalue weighted by Gasteiger charge is -2.32. The van der Waals surface area contributed by atoms with Gasteiger partial charge in [0.25, 0.3) is 0 Å². The molecule has 25 heavy (non-hydrogen) atoms. The van der Waals surface area contributed by atoms with E-state index in [9.17, 15) is 0 Å². The standard InChI is InChI=1S/C20H20Cl4N/c1-19(2,20(3,4)24)17(13-5-9-15(21)10-6-13)25-18(23)14-7-11-16(22)12-8-14/h5-12H,1-4H3/q+1. The van der Waals surface area contributed by atoms with Gasteiger partial charge in [0.15, 0.2) is 0 Å². The van der Waals surface area contributed by atoms with Gasteiger partial charge in [-0.1, -0.05) is 27.9 Å². The summed E-state index contributed by atoms with van der Waals surface area (Å²) < 4.78 is 4.74. The Morgan fingerprint density at radius 2 is 1.16 bits per heavy atom. The fourth-order valence-corrected chi connectivity index (χ4v) is 2.76. The van der Waals surface area contributed by atoms with Crippen LogP contribution in [0, 0.1) is 5.41 Å². The van der Waals surface area contributed by atoms with Gasteiger partial charge in [-0.25, -0.2) is 0 Å². The molecule has 0 unspecified atom stereocenters. The van der Waals surface area contributed by atoms with Gasteiger partial charge >= 0.3 is 10.9 Å². The van der Waals surface area contributed by atoms with E-state index in [0.29, 0.717) is 15.2 Å². The number of hydrogen-bond acceptors (Lipinski definition) is 0. The third kappa shape index (κ3) is 4.82. The summed E-state index contributed by atoms with van der Waals surface area (Å²) >= 11 is 25.2. The molecular weight excluding hydrogens is 396 g/mol. The summed E-state index contributed by atoms with van der Waals surface area (Å²) in [7, 11) is 0. The van der Waals surface area contributed by atoms with Crippen LogP contribution in [-0.2, 0) is 0 Å². The maximum Gasteiger partial charge on any atom is 0.403 e. The number of rotatable bonds is 4. The van der Waals surface area contributed by atoms with Gasteiger partial charge in [0.1, 0.15) is 0 Å². The van der Waals surface area contributed by atoms with Crippen LogP contribution in [0.2, 0.25) is 10.0 Å². The van der Waals surface area contributed by atoms with Crippen molar-refractivity contribution in [1.29, 1.82) is 0 Å². The van der Waals surface area contributed by atoms with Crippen LogP contribution in [0.5, 0.6) is 0 Å². The van der Waals surface area contributed by atoms with Gasteiger partial charge in [-0.2, -0.15) is 0 Å². The molecule has 2 aromatic carbocycles. The average molecular weight is 416 g/mol. The van der Waals surface area contributed by atoms with Crippen LogP contribution >= 0.6 is 46.4 Å². The van der Waals surface area contributed by atoms with Crippen molar-refractivity contribution in [3.63, 3.8) is 0 Å². The molecule has 1 nitrogen and oxygen atoms in total. The molecule has 0 fully saturated rings. The Morgan fingerprint density at radius 1 is 0.760 bits per heavy atom. The highest BCUT2D eigenvalue weighted by Crippen LogP contribution is 2.38. The molecule has 0 saturated heterocycles. The summed E-state index contributed by atoms with van der Waals surface area (Å²) in [6, 6.07) is 14.8. The van der Waals surface area contributed by atoms with E-state index in [1.807, 2.05) is 50.2 Å². The summed E-state index contributed by atoms with van der Waals surface area (Å²) in [5.74, 6) is 0. The Labute approximate surface area is 169 Å². The van der Waals surface area contributed by atoms with Gasteiger partial charge in [-0.3, -0.25) is 0 Å². The molecule has 5 heteroatoms. The first-order valence-electron chi connectivity index (χ1n) is 7.85. The molecule has 0 aliphatic rings. The first kappa shape index (κ1) is 20.4. The van der Waals surface area contributed by atoms with Crippen LogP contribution in [0.25, 0.3) is 0 Å².